The van der Waals surface area contributed by atoms with Gasteiger partial charge in [-0.05, 0) is 46.5 Å². The molecule has 0 aliphatic carbocycles. The second kappa shape index (κ2) is 10.1. The molecule has 2 amide bonds. The summed E-state index contributed by atoms with van der Waals surface area (Å²) in [4.78, 5) is 37.8. The van der Waals surface area contributed by atoms with Gasteiger partial charge in [-0.2, -0.15) is 0 Å². The lowest BCUT2D eigenvalue weighted by Gasteiger charge is -2.32. The number of nitrogens with one attached hydrogen (secondary N) is 2. The van der Waals surface area contributed by atoms with Crippen LogP contribution in [0, 0.1) is 5.92 Å². The van der Waals surface area contributed by atoms with Gasteiger partial charge in [-0.15, -0.1) is 0 Å². The molecule has 7 nitrogen and oxygen atoms in total. The molecular weight excluding hydrogens is 346 g/mol. The maximum absolute atomic E-state index is 12.7. The molecule has 1 aliphatic rings. The minimum absolute atomic E-state index is 0.0153. The number of likely N-dealkylation sites (tertiary alicyclic amines) is 1. The molecule has 0 radical (unpaired) electrons. The predicted molar refractivity (Wildman–Crippen MR) is 105 cm³/mol. The molecule has 27 heavy (non-hydrogen) atoms. The van der Waals surface area contributed by atoms with E-state index in [1.807, 2.05) is 27.7 Å². The van der Waals surface area contributed by atoms with Gasteiger partial charge in [0.15, 0.2) is 0 Å². The number of nitrogens with zero attached hydrogens (tertiary/aromatic N) is 1. The highest BCUT2D eigenvalue weighted by Crippen LogP contribution is 2.25. The monoisotopic (exact) mass is 383 g/mol. The molecule has 2 unspecified atom stereocenters. The van der Waals surface area contributed by atoms with Crippen LogP contribution in [0.2, 0.25) is 0 Å². The fraction of sp³-hybridized carbons (Fsp3) is 0.850. The number of carbonyl (C=O) groups excluding carboxylic acids is 3. The van der Waals surface area contributed by atoms with Crippen LogP contribution in [0.4, 0.5) is 0 Å². The maximum Gasteiger partial charge on any atom is 0.323 e. The van der Waals surface area contributed by atoms with E-state index in [2.05, 4.69) is 22.5 Å². The zero-order valence-electron chi connectivity index (χ0n) is 17.9. The number of hydrogen-bond donors (Lipinski definition) is 2. The second-order valence-electron chi connectivity index (χ2n) is 8.67. The highest BCUT2D eigenvalue weighted by molar-refractivity contribution is 5.77. The normalized spacial score (nSPS) is 22.8. The van der Waals surface area contributed by atoms with E-state index in [4.69, 9.17) is 4.74 Å². The van der Waals surface area contributed by atoms with Crippen LogP contribution >= 0.6 is 0 Å². The van der Waals surface area contributed by atoms with E-state index < -0.39 is 5.60 Å². The Morgan fingerprint density at radius 1 is 1.19 bits per heavy atom. The number of carbonyl (C=O) groups is 3. The summed E-state index contributed by atoms with van der Waals surface area (Å²) >= 11 is 0. The van der Waals surface area contributed by atoms with Gasteiger partial charge < -0.3 is 15.4 Å². The van der Waals surface area contributed by atoms with Crippen LogP contribution in [0.3, 0.4) is 0 Å². The summed E-state index contributed by atoms with van der Waals surface area (Å²) in [7, 11) is 0. The van der Waals surface area contributed by atoms with E-state index in [-0.39, 0.29) is 41.8 Å². The Kier molecular flexibility index (Phi) is 8.72. The van der Waals surface area contributed by atoms with Crippen molar-refractivity contribution in [1.82, 2.24) is 15.5 Å². The van der Waals surface area contributed by atoms with Crippen LogP contribution in [0.5, 0.6) is 0 Å². The summed E-state index contributed by atoms with van der Waals surface area (Å²) in [6.07, 6.45) is 2.49. The minimum atomic E-state index is -0.554. The average molecular weight is 384 g/mol. The minimum Gasteiger partial charge on any atom is -0.459 e. The molecule has 2 N–H and O–H groups in total. The Labute approximate surface area is 163 Å². The van der Waals surface area contributed by atoms with Gasteiger partial charge >= 0.3 is 5.97 Å². The van der Waals surface area contributed by atoms with Crippen molar-refractivity contribution < 1.29 is 19.1 Å². The first kappa shape index (κ1) is 23.4. The summed E-state index contributed by atoms with van der Waals surface area (Å²) in [6, 6.07) is -0.440. The summed E-state index contributed by atoms with van der Waals surface area (Å²) in [5, 5.41) is 5.90. The Hall–Kier alpha value is -1.63. The molecular formula is C20H37N3O4. The summed E-state index contributed by atoms with van der Waals surface area (Å²) in [5.74, 6) is -0.177. The third kappa shape index (κ3) is 8.28. The number of ether oxygens (including phenoxy) is 1. The standard InChI is InChI=1S/C20H37N3O4/c1-8-9-16(13(2)21-14(3)24)11-23-12-17(22-15(4)25)10-18(23)19(26)27-20(5,6)7/h13,16-18H,8-12H2,1-7H3,(H,21,24)(H,22,25)/t13?,16?,17-,18-/m1/s1. The lowest BCUT2D eigenvalue weighted by atomic mass is 9.95. The van der Waals surface area contributed by atoms with Crippen LogP contribution in [0.1, 0.15) is 67.7 Å². The van der Waals surface area contributed by atoms with Crippen LogP contribution in [-0.2, 0) is 19.1 Å². The summed E-state index contributed by atoms with van der Waals surface area (Å²) < 4.78 is 5.61. The Morgan fingerprint density at radius 2 is 1.81 bits per heavy atom. The van der Waals surface area contributed by atoms with E-state index in [0.717, 1.165) is 12.8 Å². The molecule has 0 aromatic carbocycles. The maximum atomic E-state index is 12.7. The van der Waals surface area contributed by atoms with Crippen LogP contribution in [-0.4, -0.2) is 59.5 Å². The molecule has 7 heteroatoms. The molecule has 0 bridgehead atoms. The largest absolute Gasteiger partial charge is 0.459 e. The van der Waals surface area contributed by atoms with Crippen molar-refractivity contribution in [3.05, 3.63) is 0 Å². The smallest absolute Gasteiger partial charge is 0.323 e. The van der Waals surface area contributed by atoms with Gasteiger partial charge in [0.05, 0.1) is 0 Å². The summed E-state index contributed by atoms with van der Waals surface area (Å²) in [5.41, 5.74) is -0.554. The van der Waals surface area contributed by atoms with E-state index in [0.29, 0.717) is 19.5 Å². The first-order chi connectivity index (χ1) is 12.4. The van der Waals surface area contributed by atoms with Crippen molar-refractivity contribution in [2.45, 2.75) is 91.5 Å². The lowest BCUT2D eigenvalue weighted by molar-refractivity contribution is -0.160. The Balaban J connectivity index is 2.92. The molecule has 1 heterocycles. The zero-order valence-corrected chi connectivity index (χ0v) is 17.9. The Morgan fingerprint density at radius 3 is 2.30 bits per heavy atom. The molecule has 1 aliphatic heterocycles. The topological polar surface area (TPSA) is 87.7 Å². The highest BCUT2D eigenvalue weighted by atomic mass is 16.6. The molecule has 0 aromatic rings. The third-order valence-corrected chi connectivity index (χ3v) is 4.76. The number of amides is 2. The van der Waals surface area contributed by atoms with Gasteiger partial charge in [0.2, 0.25) is 11.8 Å². The quantitative estimate of drug-likeness (QED) is 0.625. The highest BCUT2D eigenvalue weighted by Gasteiger charge is 2.40. The van der Waals surface area contributed by atoms with Crippen LogP contribution in [0.15, 0.2) is 0 Å². The number of rotatable bonds is 8. The Bertz CT molecular complexity index is 530. The van der Waals surface area contributed by atoms with Gasteiger partial charge in [-0.1, -0.05) is 13.3 Å². The average Bonchev–Trinajstić information content (AvgIpc) is 2.86. The zero-order chi connectivity index (χ0) is 20.8. The predicted octanol–water partition coefficient (Wildman–Crippen LogP) is 1.85. The molecule has 0 saturated carbocycles. The van der Waals surface area contributed by atoms with E-state index in [1.165, 1.54) is 13.8 Å². The van der Waals surface area contributed by atoms with Gasteiger partial charge in [-0.25, -0.2) is 0 Å². The van der Waals surface area contributed by atoms with Crippen molar-refractivity contribution in [3.8, 4) is 0 Å². The second-order valence-corrected chi connectivity index (χ2v) is 8.67. The van der Waals surface area contributed by atoms with E-state index >= 15 is 0 Å². The molecule has 0 spiro atoms. The van der Waals surface area contributed by atoms with Crippen molar-refractivity contribution >= 4 is 17.8 Å². The van der Waals surface area contributed by atoms with Crippen molar-refractivity contribution in [2.24, 2.45) is 5.92 Å². The molecule has 1 fully saturated rings. The van der Waals surface area contributed by atoms with Crippen LogP contribution < -0.4 is 10.6 Å². The number of hydrogen-bond acceptors (Lipinski definition) is 5. The molecule has 156 valence electrons. The molecule has 4 atom stereocenters. The van der Waals surface area contributed by atoms with Crippen LogP contribution in [0.25, 0.3) is 0 Å². The first-order valence-electron chi connectivity index (χ1n) is 9.94. The fourth-order valence-corrected chi connectivity index (χ4v) is 3.72. The van der Waals surface area contributed by atoms with Gasteiger partial charge in [0, 0.05) is 39.0 Å². The van der Waals surface area contributed by atoms with Crippen molar-refractivity contribution in [2.75, 3.05) is 13.1 Å². The number of esters is 1. The molecule has 0 aromatic heterocycles. The molecule has 1 rings (SSSR count). The summed E-state index contributed by atoms with van der Waals surface area (Å²) in [6.45, 7) is 14.0. The van der Waals surface area contributed by atoms with Gasteiger partial charge in [-0.3, -0.25) is 19.3 Å². The lowest BCUT2D eigenvalue weighted by Crippen LogP contribution is -2.47. The fourth-order valence-electron chi connectivity index (χ4n) is 3.72. The molecule has 1 saturated heterocycles. The van der Waals surface area contributed by atoms with Gasteiger partial charge in [0.1, 0.15) is 11.6 Å². The van der Waals surface area contributed by atoms with Gasteiger partial charge in [0.25, 0.3) is 0 Å². The van der Waals surface area contributed by atoms with Crippen molar-refractivity contribution in [1.29, 1.82) is 0 Å². The van der Waals surface area contributed by atoms with Crippen molar-refractivity contribution in [3.63, 3.8) is 0 Å². The van der Waals surface area contributed by atoms with E-state index in [1.54, 1.807) is 0 Å². The SMILES string of the molecule is CCCC(CN1C[C@H](NC(C)=O)C[C@@H]1C(=O)OC(C)(C)C)C(C)NC(C)=O. The van der Waals surface area contributed by atoms with E-state index in [9.17, 15) is 14.4 Å². The first-order valence-corrected chi connectivity index (χ1v) is 9.94. The third-order valence-electron chi connectivity index (χ3n) is 4.76.